The summed E-state index contributed by atoms with van der Waals surface area (Å²) < 4.78 is 18.9. The highest BCUT2D eigenvalue weighted by Gasteiger charge is 2.35. The highest BCUT2D eigenvalue weighted by atomic mass is 19.1. The van der Waals surface area contributed by atoms with Gasteiger partial charge in [-0.15, -0.1) is 0 Å². The van der Waals surface area contributed by atoms with Crippen molar-refractivity contribution in [3.8, 4) is 0 Å². The monoisotopic (exact) mass is 294 g/mol. The van der Waals surface area contributed by atoms with Gasteiger partial charge in [0.05, 0.1) is 13.2 Å². The summed E-state index contributed by atoms with van der Waals surface area (Å²) in [5.74, 6) is -0.160. The minimum absolute atomic E-state index is 0.00606. The van der Waals surface area contributed by atoms with Crippen molar-refractivity contribution in [2.24, 2.45) is 0 Å². The average molecular weight is 294 g/mol. The van der Waals surface area contributed by atoms with Gasteiger partial charge in [-0.05, 0) is 44.5 Å². The van der Waals surface area contributed by atoms with Crippen molar-refractivity contribution in [3.05, 3.63) is 35.6 Å². The van der Waals surface area contributed by atoms with Crippen molar-refractivity contribution in [1.82, 2.24) is 10.2 Å². The van der Waals surface area contributed by atoms with E-state index in [1.54, 1.807) is 12.1 Å². The van der Waals surface area contributed by atoms with E-state index in [1.807, 2.05) is 6.07 Å². The van der Waals surface area contributed by atoms with Crippen LogP contribution in [-0.2, 0) is 11.2 Å². The summed E-state index contributed by atoms with van der Waals surface area (Å²) in [6, 6.07) is 7.21. The molecule has 1 aliphatic heterocycles. The largest absolute Gasteiger partial charge is 0.379 e. The minimum atomic E-state index is -0.160. The molecule has 1 heterocycles. The molecule has 0 aromatic heterocycles. The normalized spacial score (nSPS) is 18.7. The Kier molecular flexibility index (Phi) is 5.73. The van der Waals surface area contributed by atoms with Crippen LogP contribution in [0.25, 0.3) is 0 Å². The van der Waals surface area contributed by atoms with E-state index in [1.165, 1.54) is 6.07 Å². The molecule has 0 radical (unpaired) electrons. The predicted molar refractivity (Wildman–Crippen MR) is 84.0 cm³/mol. The first-order valence-corrected chi connectivity index (χ1v) is 7.84. The van der Waals surface area contributed by atoms with Crippen LogP contribution >= 0.6 is 0 Å². The Morgan fingerprint density at radius 1 is 1.33 bits per heavy atom. The molecule has 1 fully saturated rings. The van der Waals surface area contributed by atoms with Gasteiger partial charge in [-0.25, -0.2) is 4.39 Å². The van der Waals surface area contributed by atoms with E-state index in [0.29, 0.717) is 0 Å². The van der Waals surface area contributed by atoms with Crippen LogP contribution in [0.5, 0.6) is 0 Å². The first kappa shape index (κ1) is 16.4. The van der Waals surface area contributed by atoms with E-state index in [4.69, 9.17) is 4.74 Å². The Labute approximate surface area is 127 Å². The molecule has 1 unspecified atom stereocenters. The van der Waals surface area contributed by atoms with E-state index in [9.17, 15) is 4.39 Å². The average Bonchev–Trinajstić information content (AvgIpc) is 2.48. The highest BCUT2D eigenvalue weighted by Crippen LogP contribution is 2.23. The number of nitrogens with zero attached hydrogens (tertiary/aromatic N) is 1. The number of likely N-dealkylation sites (N-methyl/N-ethyl adjacent to an activating group) is 1. The number of nitrogens with one attached hydrogen (secondary N) is 1. The predicted octanol–water partition coefficient (Wildman–Crippen LogP) is 2.46. The summed E-state index contributed by atoms with van der Waals surface area (Å²) in [5.41, 5.74) is 1.05. The Morgan fingerprint density at radius 3 is 2.67 bits per heavy atom. The van der Waals surface area contributed by atoms with E-state index >= 15 is 0 Å². The van der Waals surface area contributed by atoms with Crippen LogP contribution in [-0.4, -0.2) is 49.3 Å². The molecule has 0 aliphatic carbocycles. The number of benzene rings is 1. The van der Waals surface area contributed by atoms with Crippen LogP contribution in [0.1, 0.15) is 26.3 Å². The molecule has 1 aromatic rings. The van der Waals surface area contributed by atoms with E-state index < -0.39 is 0 Å². The molecule has 0 saturated carbocycles. The maximum atomic E-state index is 13.4. The van der Waals surface area contributed by atoms with E-state index in [0.717, 1.165) is 44.8 Å². The molecule has 1 aliphatic rings. The molecule has 2 rings (SSSR count). The smallest absolute Gasteiger partial charge is 0.123 e. The SMILES string of the molecule is CCNC(Cc1cccc(F)c1)C(C)(C)N1CCOCC1. The topological polar surface area (TPSA) is 24.5 Å². The second-order valence-electron chi connectivity index (χ2n) is 6.20. The van der Waals surface area contributed by atoms with Gasteiger partial charge >= 0.3 is 0 Å². The fourth-order valence-electron chi connectivity index (χ4n) is 3.08. The van der Waals surface area contributed by atoms with Crippen molar-refractivity contribution in [2.45, 2.75) is 38.8 Å². The molecule has 1 N–H and O–H groups in total. The second kappa shape index (κ2) is 7.34. The van der Waals surface area contributed by atoms with Crippen molar-refractivity contribution < 1.29 is 9.13 Å². The molecule has 1 aromatic carbocycles. The molecule has 1 saturated heterocycles. The van der Waals surface area contributed by atoms with Crippen LogP contribution in [0.2, 0.25) is 0 Å². The third kappa shape index (κ3) is 4.25. The van der Waals surface area contributed by atoms with Gasteiger partial charge in [0.1, 0.15) is 5.82 Å². The Balaban J connectivity index is 2.12. The zero-order valence-electron chi connectivity index (χ0n) is 13.4. The van der Waals surface area contributed by atoms with Crippen LogP contribution in [0.4, 0.5) is 4.39 Å². The summed E-state index contributed by atoms with van der Waals surface area (Å²) in [6.45, 7) is 11.1. The number of hydrogen-bond donors (Lipinski definition) is 1. The molecule has 0 amide bonds. The molecule has 3 nitrogen and oxygen atoms in total. The highest BCUT2D eigenvalue weighted by molar-refractivity contribution is 5.19. The fourth-order valence-corrected chi connectivity index (χ4v) is 3.08. The summed E-state index contributed by atoms with van der Waals surface area (Å²) in [7, 11) is 0. The zero-order chi connectivity index (χ0) is 15.3. The van der Waals surface area contributed by atoms with Gasteiger partial charge in [0, 0.05) is 24.7 Å². The quantitative estimate of drug-likeness (QED) is 0.872. The van der Waals surface area contributed by atoms with E-state index in [-0.39, 0.29) is 17.4 Å². The molecule has 0 spiro atoms. The first-order chi connectivity index (χ1) is 10.0. The molecule has 118 valence electrons. The molecular weight excluding hydrogens is 267 g/mol. The van der Waals surface area contributed by atoms with Crippen LogP contribution < -0.4 is 5.32 Å². The lowest BCUT2D eigenvalue weighted by atomic mass is 9.87. The van der Waals surface area contributed by atoms with Crippen LogP contribution in [0.15, 0.2) is 24.3 Å². The molecule has 21 heavy (non-hydrogen) atoms. The number of halogens is 1. The number of morpholine rings is 1. The number of ether oxygens (including phenoxy) is 1. The van der Waals surface area contributed by atoms with Crippen molar-refractivity contribution in [3.63, 3.8) is 0 Å². The van der Waals surface area contributed by atoms with Crippen LogP contribution in [0.3, 0.4) is 0 Å². The van der Waals surface area contributed by atoms with Crippen molar-refractivity contribution in [2.75, 3.05) is 32.8 Å². The Morgan fingerprint density at radius 2 is 2.05 bits per heavy atom. The number of rotatable bonds is 6. The number of hydrogen-bond acceptors (Lipinski definition) is 3. The molecular formula is C17H27FN2O. The first-order valence-electron chi connectivity index (χ1n) is 7.84. The lowest BCUT2D eigenvalue weighted by Crippen LogP contribution is -2.61. The summed E-state index contributed by atoms with van der Waals surface area (Å²) in [6.07, 6.45) is 0.829. The summed E-state index contributed by atoms with van der Waals surface area (Å²) in [4.78, 5) is 2.48. The standard InChI is InChI=1S/C17H27FN2O/c1-4-19-16(13-14-6-5-7-15(18)12-14)17(2,3)20-8-10-21-11-9-20/h5-7,12,16,19H,4,8-11,13H2,1-3H3. The molecule has 0 bridgehead atoms. The van der Waals surface area contributed by atoms with E-state index in [2.05, 4.69) is 31.0 Å². The maximum absolute atomic E-state index is 13.4. The lowest BCUT2D eigenvalue weighted by Gasteiger charge is -2.46. The Bertz CT molecular complexity index is 444. The summed E-state index contributed by atoms with van der Waals surface area (Å²) >= 11 is 0. The van der Waals surface area contributed by atoms with Gasteiger partial charge in [0.2, 0.25) is 0 Å². The van der Waals surface area contributed by atoms with Gasteiger partial charge < -0.3 is 10.1 Å². The Hall–Kier alpha value is -0.970. The van der Waals surface area contributed by atoms with Gasteiger partial charge in [0.15, 0.2) is 0 Å². The lowest BCUT2D eigenvalue weighted by molar-refractivity contribution is -0.0230. The molecule has 4 heteroatoms. The van der Waals surface area contributed by atoms with Gasteiger partial charge in [-0.2, -0.15) is 0 Å². The van der Waals surface area contributed by atoms with Crippen molar-refractivity contribution in [1.29, 1.82) is 0 Å². The fraction of sp³-hybridized carbons (Fsp3) is 0.647. The molecule has 1 atom stereocenters. The van der Waals surface area contributed by atoms with Gasteiger partial charge in [-0.1, -0.05) is 19.1 Å². The maximum Gasteiger partial charge on any atom is 0.123 e. The third-order valence-electron chi connectivity index (χ3n) is 4.46. The van der Waals surface area contributed by atoms with Gasteiger partial charge in [-0.3, -0.25) is 4.90 Å². The van der Waals surface area contributed by atoms with Crippen molar-refractivity contribution >= 4 is 0 Å². The summed E-state index contributed by atoms with van der Waals surface area (Å²) in [5, 5.41) is 3.58. The third-order valence-corrected chi connectivity index (χ3v) is 4.46. The second-order valence-corrected chi connectivity index (χ2v) is 6.20. The zero-order valence-corrected chi connectivity index (χ0v) is 13.4. The minimum Gasteiger partial charge on any atom is -0.379 e. The van der Waals surface area contributed by atoms with Crippen LogP contribution in [0, 0.1) is 5.82 Å². The van der Waals surface area contributed by atoms with Gasteiger partial charge in [0.25, 0.3) is 0 Å².